The van der Waals surface area contributed by atoms with Crippen LogP contribution >= 0.6 is 0 Å². The van der Waals surface area contributed by atoms with Crippen LogP contribution in [-0.4, -0.2) is 92.1 Å². The van der Waals surface area contributed by atoms with Crippen LogP contribution in [0.25, 0.3) is 0 Å². The minimum atomic E-state index is -1.83. The van der Waals surface area contributed by atoms with Crippen molar-refractivity contribution in [1.82, 2.24) is 0 Å². The van der Waals surface area contributed by atoms with Crippen LogP contribution in [0.15, 0.2) is 0 Å². The van der Waals surface area contributed by atoms with E-state index < -0.39 is 6.16 Å². The van der Waals surface area contributed by atoms with Gasteiger partial charge in [0.1, 0.15) is 0 Å². The van der Waals surface area contributed by atoms with Crippen LogP contribution in [-0.2, 0) is 0 Å². The van der Waals surface area contributed by atoms with E-state index in [9.17, 15) is 0 Å². The van der Waals surface area contributed by atoms with E-state index in [-0.39, 0.29) is 75.7 Å². The summed E-state index contributed by atoms with van der Waals surface area (Å²) in [6.45, 7) is 0. The van der Waals surface area contributed by atoms with Gasteiger partial charge in [0.15, 0.2) is 0 Å². The van der Waals surface area contributed by atoms with E-state index in [1.54, 1.807) is 0 Å². The van der Waals surface area contributed by atoms with Gasteiger partial charge in [0, 0.05) is 0 Å². The van der Waals surface area contributed by atoms with Gasteiger partial charge in [-0.25, -0.2) is 4.79 Å². The van der Waals surface area contributed by atoms with E-state index in [1.165, 1.54) is 0 Å². The van der Waals surface area contributed by atoms with E-state index in [2.05, 4.69) is 0 Å². The van der Waals surface area contributed by atoms with Crippen molar-refractivity contribution in [1.29, 1.82) is 0 Å². The van der Waals surface area contributed by atoms with Crippen molar-refractivity contribution >= 4 is 76.4 Å². The van der Waals surface area contributed by atoms with Gasteiger partial charge in [-0.1, -0.05) is 0 Å². The van der Waals surface area contributed by atoms with Crippen molar-refractivity contribution in [2.24, 2.45) is 0 Å². The molecule has 7 heavy (non-hydrogen) atoms. The Bertz CT molecular complexity index is 34.7. The van der Waals surface area contributed by atoms with Crippen LogP contribution in [0.5, 0.6) is 0 Å². The molecule has 0 aromatic carbocycles. The van der Waals surface area contributed by atoms with Crippen molar-refractivity contribution in [2.75, 3.05) is 0 Å². The van der Waals surface area contributed by atoms with E-state index >= 15 is 0 Å². The Morgan fingerprint density at radius 2 is 1.29 bits per heavy atom. The molecule has 0 atom stereocenters. The number of carbonyl (C=O) groups is 1. The summed E-state index contributed by atoms with van der Waals surface area (Å²) >= 11 is 0. The molecule has 0 bridgehead atoms. The van der Waals surface area contributed by atoms with Crippen LogP contribution in [0.2, 0.25) is 0 Å². The van der Waals surface area contributed by atoms with Crippen molar-refractivity contribution < 1.29 is 20.5 Å². The zero-order chi connectivity index (χ0) is 3.58. The Labute approximate surface area is 95.2 Å². The molecule has 0 aromatic heterocycles. The molecule has 6 heteroatoms. The first kappa shape index (κ1) is 23.7. The fraction of sp³-hybridized carbons (Fsp3) is 0. The summed E-state index contributed by atoms with van der Waals surface area (Å²) in [5, 5.41) is 13.9. The van der Waals surface area contributed by atoms with Gasteiger partial charge < -0.3 is 15.7 Å². The molecule has 0 saturated heterocycles. The summed E-state index contributed by atoms with van der Waals surface area (Å²) in [5.74, 6) is 0. The molecule has 4 N–H and O–H groups in total. The Balaban J connectivity index is -0.0000000150. The standard InChI is InChI=1S/CH2O3.K.Li.H2O.2H/c2-1(3)4;;;;;/h(H2,2,3,4);;;1H2;;. The Hall–Kier alpha value is 1.46. The summed E-state index contributed by atoms with van der Waals surface area (Å²) < 4.78 is 0. The molecule has 0 fully saturated rings. The normalized spacial score (nSPS) is 3.43. The summed E-state index contributed by atoms with van der Waals surface area (Å²) in [6, 6.07) is 0. The fourth-order valence-electron chi connectivity index (χ4n) is 0. The van der Waals surface area contributed by atoms with Crippen molar-refractivity contribution in [3.05, 3.63) is 0 Å². The quantitative estimate of drug-likeness (QED) is 0.373. The first-order chi connectivity index (χ1) is 1.73. The van der Waals surface area contributed by atoms with Gasteiger partial charge in [0.05, 0.1) is 0 Å². The summed E-state index contributed by atoms with van der Waals surface area (Å²) in [7, 11) is 0. The average Bonchev–Trinajstić information content (AvgIpc) is 0.811. The van der Waals surface area contributed by atoms with Gasteiger partial charge in [0.2, 0.25) is 0 Å². The first-order valence-electron chi connectivity index (χ1n) is 0.651. The molecule has 4 nitrogen and oxygen atoms in total. The Morgan fingerprint density at radius 1 is 1.29 bits per heavy atom. The fourth-order valence-corrected chi connectivity index (χ4v) is 0. The van der Waals surface area contributed by atoms with Crippen molar-refractivity contribution in [3.63, 3.8) is 0 Å². The molecule has 0 heterocycles. The zero-order valence-electron chi connectivity index (χ0n) is 2.30. The second-order valence-electron chi connectivity index (χ2n) is 0.283. The van der Waals surface area contributed by atoms with Gasteiger partial charge in [-0.15, -0.1) is 0 Å². The third-order valence-electron chi connectivity index (χ3n) is 0. The SMILES string of the molecule is O.O=C(O)O.[KH].[LiH]. The maximum absolute atomic E-state index is 8.56. The number of hydrogen-bond donors (Lipinski definition) is 2. The van der Waals surface area contributed by atoms with Gasteiger partial charge in [0.25, 0.3) is 0 Å². The topological polar surface area (TPSA) is 89.0 Å². The molecular formula is CH6KLiO4. The van der Waals surface area contributed by atoms with Crippen LogP contribution in [0.1, 0.15) is 0 Å². The molecule has 0 aromatic rings. The number of carboxylic acid groups (broad SMARTS) is 2. The maximum atomic E-state index is 8.56. The molecule has 0 spiro atoms. The van der Waals surface area contributed by atoms with Gasteiger partial charge in [-0.2, -0.15) is 0 Å². The van der Waals surface area contributed by atoms with Gasteiger partial charge >= 0.3 is 76.4 Å². The van der Waals surface area contributed by atoms with Crippen LogP contribution in [0.4, 0.5) is 4.79 Å². The third-order valence-corrected chi connectivity index (χ3v) is 0. The molecule has 36 valence electrons. The number of hydrogen-bond acceptors (Lipinski definition) is 1. The summed E-state index contributed by atoms with van der Waals surface area (Å²) in [4.78, 5) is 8.56. The molecule has 0 aliphatic rings. The van der Waals surface area contributed by atoms with Crippen molar-refractivity contribution in [3.8, 4) is 0 Å². The van der Waals surface area contributed by atoms with Crippen LogP contribution < -0.4 is 0 Å². The van der Waals surface area contributed by atoms with Crippen LogP contribution in [0, 0.1) is 0 Å². The number of rotatable bonds is 0. The molecule has 0 aliphatic carbocycles. The van der Waals surface area contributed by atoms with E-state index in [0.29, 0.717) is 0 Å². The summed E-state index contributed by atoms with van der Waals surface area (Å²) in [6.07, 6.45) is -1.83. The molecule has 0 saturated carbocycles. The Kier molecular flexibility index (Phi) is 52.9. The van der Waals surface area contributed by atoms with E-state index in [1.807, 2.05) is 0 Å². The second-order valence-corrected chi connectivity index (χ2v) is 0.283. The molecule has 0 aliphatic heterocycles. The Morgan fingerprint density at radius 3 is 1.29 bits per heavy atom. The molecule has 0 amide bonds. The molecular weight excluding hydrogens is 122 g/mol. The van der Waals surface area contributed by atoms with Crippen molar-refractivity contribution in [2.45, 2.75) is 0 Å². The molecule has 0 rings (SSSR count). The molecule has 0 radical (unpaired) electrons. The van der Waals surface area contributed by atoms with Gasteiger partial charge in [-0.3, -0.25) is 0 Å². The average molecular weight is 128 g/mol. The monoisotopic (exact) mass is 128 g/mol. The molecule has 0 unspecified atom stereocenters. The summed E-state index contributed by atoms with van der Waals surface area (Å²) in [5.41, 5.74) is 0. The van der Waals surface area contributed by atoms with E-state index in [4.69, 9.17) is 15.0 Å². The predicted octanol–water partition coefficient (Wildman–Crippen LogP) is -1.90. The van der Waals surface area contributed by atoms with E-state index in [0.717, 1.165) is 0 Å². The third kappa shape index (κ3) is 104. The minimum absolute atomic E-state index is 0. The van der Waals surface area contributed by atoms with Crippen LogP contribution in [0.3, 0.4) is 0 Å². The first-order valence-corrected chi connectivity index (χ1v) is 0.651. The second kappa shape index (κ2) is 15.7. The van der Waals surface area contributed by atoms with Gasteiger partial charge in [-0.05, 0) is 0 Å². The zero-order valence-corrected chi connectivity index (χ0v) is 2.30. The predicted molar refractivity (Wildman–Crippen MR) is 28.6 cm³/mol.